The molecule has 1 aromatic carbocycles. The van der Waals surface area contributed by atoms with Crippen LogP contribution < -0.4 is 10.6 Å². The molecule has 0 saturated carbocycles. The lowest BCUT2D eigenvalue weighted by molar-refractivity contribution is 0.696. The summed E-state index contributed by atoms with van der Waals surface area (Å²) in [6, 6.07) is 11.0. The summed E-state index contributed by atoms with van der Waals surface area (Å²) in [6.07, 6.45) is 2.17. The maximum absolute atomic E-state index is 4.56. The van der Waals surface area contributed by atoms with Gasteiger partial charge in [-0.2, -0.15) is 0 Å². The maximum atomic E-state index is 4.56. The topological polar surface area (TPSA) is 36.4 Å². The molecule has 3 nitrogen and oxygen atoms in total. The van der Waals surface area contributed by atoms with Gasteiger partial charge in [0.2, 0.25) is 0 Å². The van der Waals surface area contributed by atoms with Crippen LogP contribution in [-0.2, 0) is 6.42 Å². The van der Waals surface area contributed by atoms with Crippen molar-refractivity contribution in [2.45, 2.75) is 39.7 Å². The molecule has 0 atom stereocenters. The summed E-state index contributed by atoms with van der Waals surface area (Å²) in [5, 5.41) is 6.57. The van der Waals surface area contributed by atoms with E-state index in [1.54, 1.807) is 0 Å². The number of rotatable bonds is 6. The largest absolute Gasteiger partial charge is 0.357 e. The first-order chi connectivity index (χ1) is 8.72. The van der Waals surface area contributed by atoms with Crippen molar-refractivity contribution in [1.29, 1.82) is 0 Å². The van der Waals surface area contributed by atoms with Crippen LogP contribution in [0.15, 0.2) is 35.3 Å². The Morgan fingerprint density at radius 1 is 1.22 bits per heavy atom. The molecule has 0 fully saturated rings. The van der Waals surface area contributed by atoms with Gasteiger partial charge in [0.25, 0.3) is 0 Å². The van der Waals surface area contributed by atoms with E-state index in [-0.39, 0.29) is 0 Å². The number of benzene rings is 1. The predicted octanol–water partition coefficient (Wildman–Crippen LogP) is 2.58. The molecule has 2 N–H and O–H groups in total. The monoisotopic (exact) mass is 247 g/mol. The van der Waals surface area contributed by atoms with Gasteiger partial charge in [0.05, 0.1) is 0 Å². The molecule has 100 valence electrons. The summed E-state index contributed by atoms with van der Waals surface area (Å²) in [7, 11) is 0. The summed E-state index contributed by atoms with van der Waals surface area (Å²) in [5.41, 5.74) is 1.38. The van der Waals surface area contributed by atoms with E-state index in [0.717, 1.165) is 31.9 Å². The van der Waals surface area contributed by atoms with E-state index in [1.165, 1.54) is 5.56 Å². The van der Waals surface area contributed by atoms with E-state index >= 15 is 0 Å². The maximum Gasteiger partial charge on any atom is 0.191 e. The molecule has 18 heavy (non-hydrogen) atoms. The molecule has 0 spiro atoms. The number of aliphatic imine (C=N–C) groups is 1. The van der Waals surface area contributed by atoms with E-state index in [2.05, 4.69) is 66.7 Å². The summed E-state index contributed by atoms with van der Waals surface area (Å²) >= 11 is 0. The normalized spacial score (nSPS) is 11.7. The van der Waals surface area contributed by atoms with Crippen LogP contribution in [0.1, 0.15) is 32.8 Å². The molecular formula is C15H25N3. The van der Waals surface area contributed by atoms with E-state index in [0.29, 0.717) is 6.04 Å². The highest BCUT2D eigenvalue weighted by molar-refractivity contribution is 5.79. The smallest absolute Gasteiger partial charge is 0.191 e. The Labute approximate surface area is 111 Å². The van der Waals surface area contributed by atoms with Crippen LogP contribution in [0.2, 0.25) is 0 Å². The van der Waals surface area contributed by atoms with Crippen LogP contribution in [0, 0.1) is 0 Å². The highest BCUT2D eigenvalue weighted by atomic mass is 15.2. The SMILES string of the molecule is CCNC(=NCCCc1ccccc1)NC(C)C. The Morgan fingerprint density at radius 3 is 2.56 bits per heavy atom. The number of nitrogens with one attached hydrogen (secondary N) is 2. The number of hydrogen-bond donors (Lipinski definition) is 2. The lowest BCUT2D eigenvalue weighted by Gasteiger charge is -2.13. The molecule has 1 rings (SSSR count). The van der Waals surface area contributed by atoms with Gasteiger partial charge in [-0.1, -0.05) is 30.3 Å². The fraction of sp³-hybridized carbons (Fsp3) is 0.533. The van der Waals surface area contributed by atoms with Crippen LogP contribution in [0.3, 0.4) is 0 Å². The molecule has 0 saturated heterocycles. The standard InChI is InChI=1S/C15H25N3/c1-4-16-15(18-13(2)3)17-12-8-11-14-9-6-5-7-10-14/h5-7,9-10,13H,4,8,11-12H2,1-3H3,(H2,16,17,18). The highest BCUT2D eigenvalue weighted by Gasteiger charge is 1.98. The molecule has 0 aliphatic rings. The molecule has 0 bridgehead atoms. The van der Waals surface area contributed by atoms with Gasteiger partial charge in [0, 0.05) is 19.1 Å². The van der Waals surface area contributed by atoms with Crippen LogP contribution in [0.4, 0.5) is 0 Å². The average Bonchev–Trinajstić information content (AvgIpc) is 2.35. The van der Waals surface area contributed by atoms with Crippen molar-refractivity contribution >= 4 is 5.96 Å². The molecule has 0 aliphatic heterocycles. The van der Waals surface area contributed by atoms with Crippen LogP contribution in [0.5, 0.6) is 0 Å². The van der Waals surface area contributed by atoms with Gasteiger partial charge >= 0.3 is 0 Å². The number of hydrogen-bond acceptors (Lipinski definition) is 1. The third-order valence-corrected chi connectivity index (χ3v) is 2.51. The second kappa shape index (κ2) is 8.56. The Kier molecular flexibility index (Phi) is 6.92. The lowest BCUT2D eigenvalue weighted by atomic mass is 10.1. The van der Waals surface area contributed by atoms with Crippen LogP contribution in [-0.4, -0.2) is 25.1 Å². The Hall–Kier alpha value is -1.51. The summed E-state index contributed by atoms with van der Waals surface area (Å²) in [4.78, 5) is 4.56. The van der Waals surface area contributed by atoms with Crippen LogP contribution in [0.25, 0.3) is 0 Å². The second-order valence-corrected chi connectivity index (χ2v) is 4.65. The van der Waals surface area contributed by atoms with E-state index in [4.69, 9.17) is 0 Å². The third kappa shape index (κ3) is 6.28. The zero-order valence-corrected chi connectivity index (χ0v) is 11.7. The second-order valence-electron chi connectivity index (χ2n) is 4.65. The zero-order valence-electron chi connectivity index (χ0n) is 11.7. The van der Waals surface area contributed by atoms with E-state index in [1.807, 2.05) is 0 Å². The number of aryl methyl sites for hydroxylation is 1. The molecule has 0 radical (unpaired) electrons. The minimum Gasteiger partial charge on any atom is -0.357 e. The third-order valence-electron chi connectivity index (χ3n) is 2.51. The summed E-state index contributed by atoms with van der Waals surface area (Å²) in [5.74, 6) is 0.917. The van der Waals surface area contributed by atoms with Gasteiger partial charge < -0.3 is 10.6 Å². The van der Waals surface area contributed by atoms with Gasteiger partial charge in [0.15, 0.2) is 5.96 Å². The average molecular weight is 247 g/mol. The summed E-state index contributed by atoms with van der Waals surface area (Å²) < 4.78 is 0. The Bertz CT molecular complexity index is 344. The lowest BCUT2D eigenvalue weighted by Crippen LogP contribution is -2.41. The highest BCUT2D eigenvalue weighted by Crippen LogP contribution is 2.02. The van der Waals surface area contributed by atoms with Crippen molar-refractivity contribution < 1.29 is 0 Å². The van der Waals surface area contributed by atoms with Crippen molar-refractivity contribution in [1.82, 2.24) is 10.6 Å². The molecular weight excluding hydrogens is 222 g/mol. The zero-order chi connectivity index (χ0) is 13.2. The van der Waals surface area contributed by atoms with E-state index < -0.39 is 0 Å². The molecule has 0 aliphatic carbocycles. The van der Waals surface area contributed by atoms with Gasteiger partial charge in [-0.25, -0.2) is 0 Å². The molecule has 0 unspecified atom stereocenters. The molecule has 0 amide bonds. The van der Waals surface area contributed by atoms with Gasteiger partial charge in [-0.15, -0.1) is 0 Å². The molecule has 1 aromatic rings. The van der Waals surface area contributed by atoms with Gasteiger partial charge in [-0.05, 0) is 39.2 Å². The first kappa shape index (κ1) is 14.6. The van der Waals surface area contributed by atoms with Crippen molar-refractivity contribution in [2.75, 3.05) is 13.1 Å². The minimum atomic E-state index is 0.414. The first-order valence-corrected chi connectivity index (χ1v) is 6.81. The minimum absolute atomic E-state index is 0.414. The first-order valence-electron chi connectivity index (χ1n) is 6.81. The Morgan fingerprint density at radius 2 is 1.94 bits per heavy atom. The van der Waals surface area contributed by atoms with Crippen molar-refractivity contribution in [3.8, 4) is 0 Å². The fourth-order valence-electron chi connectivity index (χ4n) is 1.71. The van der Waals surface area contributed by atoms with Gasteiger partial charge in [-0.3, -0.25) is 4.99 Å². The number of nitrogens with zero attached hydrogens (tertiary/aromatic N) is 1. The fourth-order valence-corrected chi connectivity index (χ4v) is 1.71. The molecule has 3 heteroatoms. The van der Waals surface area contributed by atoms with Crippen molar-refractivity contribution in [2.24, 2.45) is 4.99 Å². The molecule has 0 aromatic heterocycles. The van der Waals surface area contributed by atoms with Crippen molar-refractivity contribution in [3.05, 3.63) is 35.9 Å². The van der Waals surface area contributed by atoms with Crippen molar-refractivity contribution in [3.63, 3.8) is 0 Å². The predicted molar refractivity (Wildman–Crippen MR) is 79.0 cm³/mol. The van der Waals surface area contributed by atoms with Crippen LogP contribution >= 0.6 is 0 Å². The quantitative estimate of drug-likeness (QED) is 0.460. The Balaban J connectivity index is 2.32. The molecule has 0 heterocycles. The van der Waals surface area contributed by atoms with Gasteiger partial charge in [0.1, 0.15) is 0 Å². The van der Waals surface area contributed by atoms with E-state index in [9.17, 15) is 0 Å². The number of guanidine groups is 1. The summed E-state index contributed by atoms with van der Waals surface area (Å²) in [6.45, 7) is 8.09.